The van der Waals surface area contributed by atoms with Crippen molar-refractivity contribution in [1.29, 1.82) is 0 Å². The summed E-state index contributed by atoms with van der Waals surface area (Å²) in [6.07, 6.45) is -0.514. The highest BCUT2D eigenvalue weighted by atomic mass is 79.9. The SMILES string of the molecule is Cc1cc(Br)ccc1C(N)C(C)O.Cl. The standard InChI is InChI=1S/C10H14BrNO.ClH/c1-6-5-8(11)3-4-9(6)10(12)7(2)13;/h3-5,7,10,13H,12H2,1-2H3;1H. The molecule has 0 aromatic heterocycles. The molecule has 0 aliphatic rings. The zero-order valence-electron chi connectivity index (χ0n) is 8.20. The summed E-state index contributed by atoms with van der Waals surface area (Å²) in [4.78, 5) is 0. The maximum absolute atomic E-state index is 9.33. The van der Waals surface area contributed by atoms with E-state index in [0.29, 0.717) is 0 Å². The van der Waals surface area contributed by atoms with Crippen molar-refractivity contribution >= 4 is 28.3 Å². The van der Waals surface area contributed by atoms with Crippen molar-refractivity contribution in [1.82, 2.24) is 0 Å². The summed E-state index contributed by atoms with van der Waals surface area (Å²) in [5, 5.41) is 9.33. The number of aliphatic hydroxyl groups is 1. The third-order valence-electron chi connectivity index (χ3n) is 2.11. The second-order valence-corrected chi connectivity index (χ2v) is 4.18. The third kappa shape index (κ3) is 3.24. The zero-order valence-corrected chi connectivity index (χ0v) is 10.6. The predicted molar refractivity (Wildman–Crippen MR) is 64.7 cm³/mol. The fourth-order valence-corrected chi connectivity index (χ4v) is 1.75. The first kappa shape index (κ1) is 13.9. The third-order valence-corrected chi connectivity index (χ3v) is 2.60. The molecule has 0 saturated carbocycles. The van der Waals surface area contributed by atoms with Crippen LogP contribution >= 0.6 is 28.3 Å². The van der Waals surface area contributed by atoms with Gasteiger partial charge in [0.1, 0.15) is 0 Å². The lowest BCUT2D eigenvalue weighted by Gasteiger charge is -2.17. The first-order valence-corrected chi connectivity index (χ1v) is 5.01. The van der Waals surface area contributed by atoms with Crippen LogP contribution in [0.3, 0.4) is 0 Å². The Kier molecular flexibility index (Phi) is 5.67. The summed E-state index contributed by atoms with van der Waals surface area (Å²) >= 11 is 3.38. The van der Waals surface area contributed by atoms with E-state index < -0.39 is 6.10 Å². The molecule has 2 atom stereocenters. The molecule has 1 rings (SSSR count). The Morgan fingerprint density at radius 3 is 2.43 bits per heavy atom. The maximum atomic E-state index is 9.33. The van der Waals surface area contributed by atoms with Gasteiger partial charge >= 0.3 is 0 Å². The number of hydrogen-bond acceptors (Lipinski definition) is 2. The molecule has 2 unspecified atom stereocenters. The van der Waals surface area contributed by atoms with Gasteiger partial charge in [0.2, 0.25) is 0 Å². The zero-order chi connectivity index (χ0) is 10.0. The number of benzene rings is 1. The molecule has 0 saturated heterocycles. The smallest absolute Gasteiger partial charge is 0.0704 e. The van der Waals surface area contributed by atoms with Crippen molar-refractivity contribution < 1.29 is 5.11 Å². The van der Waals surface area contributed by atoms with Gasteiger partial charge in [-0.05, 0) is 37.1 Å². The summed E-state index contributed by atoms with van der Waals surface area (Å²) < 4.78 is 1.03. The van der Waals surface area contributed by atoms with E-state index >= 15 is 0 Å². The van der Waals surface area contributed by atoms with Crippen LogP contribution in [0.15, 0.2) is 22.7 Å². The van der Waals surface area contributed by atoms with Crippen molar-refractivity contribution in [3.8, 4) is 0 Å². The predicted octanol–water partition coefficient (Wildman–Crippen LogP) is 2.56. The molecule has 2 nitrogen and oxygen atoms in total. The molecular formula is C10H15BrClNO. The molecule has 4 heteroatoms. The average Bonchev–Trinajstić information content (AvgIpc) is 2.03. The summed E-state index contributed by atoms with van der Waals surface area (Å²) in [7, 11) is 0. The molecule has 0 spiro atoms. The van der Waals surface area contributed by atoms with Gasteiger partial charge in [-0.3, -0.25) is 0 Å². The molecule has 1 aromatic rings. The molecule has 0 aliphatic heterocycles. The molecule has 0 radical (unpaired) electrons. The van der Waals surface area contributed by atoms with Gasteiger partial charge in [-0.15, -0.1) is 12.4 Å². The lowest BCUT2D eigenvalue weighted by Crippen LogP contribution is -2.23. The highest BCUT2D eigenvalue weighted by Gasteiger charge is 2.13. The Labute approximate surface area is 99.0 Å². The van der Waals surface area contributed by atoms with E-state index in [0.717, 1.165) is 15.6 Å². The van der Waals surface area contributed by atoms with Crippen LogP contribution in [0.2, 0.25) is 0 Å². The summed E-state index contributed by atoms with van der Waals surface area (Å²) in [5.74, 6) is 0. The molecule has 14 heavy (non-hydrogen) atoms. The fraction of sp³-hybridized carbons (Fsp3) is 0.400. The van der Waals surface area contributed by atoms with Crippen LogP contribution in [0.1, 0.15) is 24.1 Å². The second-order valence-electron chi connectivity index (χ2n) is 3.27. The largest absolute Gasteiger partial charge is 0.391 e. The molecule has 0 aliphatic carbocycles. The van der Waals surface area contributed by atoms with Gasteiger partial charge in [0.15, 0.2) is 0 Å². The quantitative estimate of drug-likeness (QED) is 0.874. The van der Waals surface area contributed by atoms with Gasteiger partial charge in [0.05, 0.1) is 12.1 Å². The molecule has 80 valence electrons. The van der Waals surface area contributed by atoms with Crippen molar-refractivity contribution in [3.63, 3.8) is 0 Å². The minimum absolute atomic E-state index is 0. The molecule has 0 amide bonds. The van der Waals surface area contributed by atoms with Crippen LogP contribution in [-0.2, 0) is 0 Å². The van der Waals surface area contributed by atoms with E-state index in [1.54, 1.807) is 6.92 Å². The van der Waals surface area contributed by atoms with Gasteiger partial charge in [-0.1, -0.05) is 22.0 Å². The van der Waals surface area contributed by atoms with Crippen molar-refractivity contribution in [3.05, 3.63) is 33.8 Å². The first-order chi connectivity index (χ1) is 6.02. The Balaban J connectivity index is 0.00000169. The van der Waals surface area contributed by atoms with E-state index in [4.69, 9.17) is 5.73 Å². The molecule has 0 fully saturated rings. The fourth-order valence-electron chi connectivity index (χ4n) is 1.27. The summed E-state index contributed by atoms with van der Waals surface area (Å²) in [5.41, 5.74) is 7.92. The van der Waals surface area contributed by atoms with Crippen molar-refractivity contribution in [2.24, 2.45) is 5.73 Å². The number of nitrogens with two attached hydrogens (primary N) is 1. The molecule has 1 aromatic carbocycles. The second kappa shape index (κ2) is 5.71. The van der Waals surface area contributed by atoms with E-state index in [1.807, 2.05) is 25.1 Å². The van der Waals surface area contributed by atoms with Gasteiger partial charge in [0.25, 0.3) is 0 Å². The Bertz CT molecular complexity index is 304. The molecular weight excluding hydrogens is 265 g/mol. The van der Waals surface area contributed by atoms with Crippen LogP contribution in [-0.4, -0.2) is 11.2 Å². The highest BCUT2D eigenvalue weighted by Crippen LogP contribution is 2.22. The topological polar surface area (TPSA) is 46.2 Å². The van der Waals surface area contributed by atoms with Crippen molar-refractivity contribution in [2.75, 3.05) is 0 Å². The van der Waals surface area contributed by atoms with Crippen LogP contribution in [0, 0.1) is 6.92 Å². The van der Waals surface area contributed by atoms with Gasteiger partial charge in [-0.2, -0.15) is 0 Å². The average molecular weight is 281 g/mol. The van der Waals surface area contributed by atoms with Crippen LogP contribution in [0.4, 0.5) is 0 Å². The summed E-state index contributed by atoms with van der Waals surface area (Å²) in [6, 6.07) is 5.58. The molecule has 0 bridgehead atoms. The van der Waals surface area contributed by atoms with Crippen LogP contribution in [0.25, 0.3) is 0 Å². The van der Waals surface area contributed by atoms with E-state index in [-0.39, 0.29) is 18.4 Å². The normalized spacial score (nSPS) is 14.4. The van der Waals surface area contributed by atoms with E-state index in [9.17, 15) is 5.11 Å². The molecule has 0 heterocycles. The Morgan fingerprint density at radius 2 is 2.00 bits per heavy atom. The van der Waals surface area contributed by atoms with E-state index in [2.05, 4.69) is 15.9 Å². The van der Waals surface area contributed by atoms with Gasteiger partial charge < -0.3 is 10.8 Å². The van der Waals surface area contributed by atoms with Gasteiger partial charge in [-0.25, -0.2) is 0 Å². The summed E-state index contributed by atoms with van der Waals surface area (Å²) in [6.45, 7) is 3.69. The first-order valence-electron chi connectivity index (χ1n) is 4.22. The van der Waals surface area contributed by atoms with Crippen LogP contribution in [0.5, 0.6) is 0 Å². The maximum Gasteiger partial charge on any atom is 0.0704 e. The number of aryl methyl sites for hydroxylation is 1. The Morgan fingerprint density at radius 1 is 1.43 bits per heavy atom. The Hall–Kier alpha value is -0.0900. The number of hydrogen-bond donors (Lipinski definition) is 2. The van der Waals surface area contributed by atoms with Crippen LogP contribution < -0.4 is 5.73 Å². The number of rotatable bonds is 2. The molecule has 3 N–H and O–H groups in total. The lowest BCUT2D eigenvalue weighted by atomic mass is 9.99. The minimum atomic E-state index is -0.514. The monoisotopic (exact) mass is 279 g/mol. The van der Waals surface area contributed by atoms with Gasteiger partial charge in [0, 0.05) is 4.47 Å². The number of aliphatic hydroxyl groups excluding tert-OH is 1. The minimum Gasteiger partial charge on any atom is -0.391 e. The highest BCUT2D eigenvalue weighted by molar-refractivity contribution is 9.10. The number of halogens is 2. The lowest BCUT2D eigenvalue weighted by molar-refractivity contribution is 0.164. The van der Waals surface area contributed by atoms with E-state index in [1.165, 1.54) is 0 Å². The van der Waals surface area contributed by atoms with Crippen molar-refractivity contribution in [2.45, 2.75) is 26.0 Å².